The second kappa shape index (κ2) is 11.2. The van der Waals surface area contributed by atoms with E-state index in [0.29, 0.717) is 0 Å². The molecule has 0 unspecified atom stereocenters. The molecule has 0 aromatic heterocycles. The molecule has 0 saturated heterocycles. The lowest BCUT2D eigenvalue weighted by molar-refractivity contribution is -0.134. The van der Waals surface area contributed by atoms with Crippen molar-refractivity contribution in [1.29, 1.82) is 0 Å². The Balaban J connectivity index is 0. The van der Waals surface area contributed by atoms with Gasteiger partial charge in [0.05, 0.1) is 0 Å². The number of carbonyl (C=O) groups is 1. The summed E-state index contributed by atoms with van der Waals surface area (Å²) in [6, 6.07) is 0. The Kier molecular flexibility index (Phi) is 13.6. The van der Waals surface area contributed by atoms with Crippen molar-refractivity contribution < 1.29 is 15.1 Å². The van der Waals surface area contributed by atoms with Gasteiger partial charge in [-0.05, 0) is 6.42 Å². The van der Waals surface area contributed by atoms with E-state index in [1.165, 1.54) is 0 Å². The first kappa shape index (κ1) is 12.1. The predicted molar refractivity (Wildman–Crippen MR) is 38.0 cm³/mol. The van der Waals surface area contributed by atoms with Crippen LogP contribution in [-0.2, 0) is 4.79 Å². The van der Waals surface area contributed by atoms with E-state index in [2.05, 4.69) is 12.4 Å². The average molecular weight is 149 g/mol. The molecule has 0 atom stereocenters. The van der Waals surface area contributed by atoms with Crippen molar-refractivity contribution in [1.82, 2.24) is 5.48 Å². The molecule has 4 heteroatoms. The number of nitrogens with one attached hydrogen (secondary N) is 1. The van der Waals surface area contributed by atoms with Gasteiger partial charge in [0.2, 0.25) is 0 Å². The van der Waals surface area contributed by atoms with E-state index < -0.39 is 5.97 Å². The Morgan fingerprint density at radius 3 is 2.10 bits per heavy atom. The highest BCUT2D eigenvalue weighted by Gasteiger charge is 1.74. The smallest absolute Gasteiger partial charge is 0.300 e. The summed E-state index contributed by atoms with van der Waals surface area (Å²) in [6.07, 6.45) is 2.18. The van der Waals surface area contributed by atoms with Gasteiger partial charge in [0, 0.05) is 13.5 Å². The zero-order chi connectivity index (χ0) is 8.41. The molecule has 0 fully saturated rings. The van der Waals surface area contributed by atoms with Crippen molar-refractivity contribution in [3.8, 4) is 0 Å². The van der Waals surface area contributed by atoms with Crippen molar-refractivity contribution in [2.75, 3.05) is 6.54 Å². The van der Waals surface area contributed by atoms with E-state index in [9.17, 15) is 0 Å². The van der Waals surface area contributed by atoms with Gasteiger partial charge in [-0.25, -0.2) is 5.48 Å². The minimum atomic E-state index is -0.833. The summed E-state index contributed by atoms with van der Waals surface area (Å²) >= 11 is 0. The van der Waals surface area contributed by atoms with Crippen LogP contribution in [0.15, 0.2) is 0 Å². The fourth-order valence-electron chi connectivity index (χ4n) is 0.256. The first-order valence-electron chi connectivity index (χ1n) is 3.21. The van der Waals surface area contributed by atoms with Crippen LogP contribution < -0.4 is 5.48 Å². The zero-order valence-electron chi connectivity index (χ0n) is 6.42. The summed E-state index contributed by atoms with van der Waals surface area (Å²) in [7, 11) is 0. The van der Waals surface area contributed by atoms with E-state index in [1.807, 2.05) is 0 Å². The van der Waals surface area contributed by atoms with Gasteiger partial charge in [0.25, 0.3) is 5.97 Å². The fourth-order valence-corrected chi connectivity index (χ4v) is 0.256. The summed E-state index contributed by atoms with van der Waals surface area (Å²) in [4.78, 5) is 9.00. The second-order valence-electron chi connectivity index (χ2n) is 1.78. The second-order valence-corrected chi connectivity index (χ2v) is 1.78. The van der Waals surface area contributed by atoms with E-state index in [0.717, 1.165) is 26.3 Å². The molecule has 62 valence electrons. The van der Waals surface area contributed by atoms with Crippen LogP contribution in [0.4, 0.5) is 0 Å². The number of aliphatic carboxylic acids is 1. The van der Waals surface area contributed by atoms with Gasteiger partial charge in [-0.2, -0.15) is 0 Å². The standard InChI is InChI=1S/C4H11NO.C2H4O2/c1-2-3-4-5-6;1-2(3)4/h5-6H,2-4H2,1H3;1H3,(H,3,4). The van der Waals surface area contributed by atoms with Crippen LogP contribution in [0.5, 0.6) is 0 Å². The van der Waals surface area contributed by atoms with Crippen LogP contribution in [-0.4, -0.2) is 22.8 Å². The molecule has 0 aliphatic rings. The topological polar surface area (TPSA) is 69.6 Å². The minimum absolute atomic E-state index is 0.719. The van der Waals surface area contributed by atoms with E-state index in [4.69, 9.17) is 15.1 Å². The van der Waals surface area contributed by atoms with E-state index in [-0.39, 0.29) is 0 Å². The number of unbranched alkanes of at least 4 members (excludes halogenated alkanes) is 1. The summed E-state index contributed by atoms with van der Waals surface area (Å²) in [6.45, 7) is 3.88. The Hall–Kier alpha value is -0.610. The molecular formula is C6H15NO3. The molecule has 10 heavy (non-hydrogen) atoms. The summed E-state index contributed by atoms with van der Waals surface area (Å²) < 4.78 is 0. The lowest BCUT2D eigenvalue weighted by atomic mass is 10.3. The third-order valence-electron chi connectivity index (χ3n) is 0.642. The Bertz CT molecular complexity index is 67.4. The zero-order valence-corrected chi connectivity index (χ0v) is 6.42. The molecule has 4 nitrogen and oxygen atoms in total. The molecule has 0 aromatic carbocycles. The monoisotopic (exact) mass is 149 g/mol. The fraction of sp³-hybridized carbons (Fsp3) is 0.833. The van der Waals surface area contributed by atoms with Crippen LogP contribution in [0.2, 0.25) is 0 Å². The third-order valence-corrected chi connectivity index (χ3v) is 0.642. The summed E-state index contributed by atoms with van der Waals surface area (Å²) in [5.41, 5.74) is 2.07. The van der Waals surface area contributed by atoms with Gasteiger partial charge in [-0.1, -0.05) is 13.3 Å². The van der Waals surface area contributed by atoms with Gasteiger partial charge in [0.15, 0.2) is 0 Å². The van der Waals surface area contributed by atoms with Crippen LogP contribution in [0, 0.1) is 0 Å². The number of hydroxylamine groups is 1. The number of hydrogen-bond acceptors (Lipinski definition) is 3. The van der Waals surface area contributed by atoms with Gasteiger partial charge in [-0.3, -0.25) is 4.79 Å². The van der Waals surface area contributed by atoms with E-state index in [1.54, 1.807) is 0 Å². The number of rotatable bonds is 3. The van der Waals surface area contributed by atoms with Crippen LogP contribution in [0.25, 0.3) is 0 Å². The van der Waals surface area contributed by atoms with Crippen molar-refractivity contribution in [3.05, 3.63) is 0 Å². The third kappa shape index (κ3) is 52.8. The quantitative estimate of drug-likeness (QED) is 0.411. The summed E-state index contributed by atoms with van der Waals surface area (Å²) in [5, 5.41) is 15.4. The highest BCUT2D eigenvalue weighted by Crippen LogP contribution is 1.79. The van der Waals surface area contributed by atoms with Crippen molar-refractivity contribution >= 4 is 5.97 Å². The molecule has 0 aliphatic carbocycles. The average Bonchev–Trinajstić information content (AvgIpc) is 1.82. The van der Waals surface area contributed by atoms with Crippen LogP contribution in [0.3, 0.4) is 0 Å². The highest BCUT2D eigenvalue weighted by atomic mass is 16.5. The molecule has 0 bridgehead atoms. The molecule has 0 spiro atoms. The highest BCUT2D eigenvalue weighted by molar-refractivity contribution is 5.62. The molecule has 0 heterocycles. The van der Waals surface area contributed by atoms with Gasteiger partial charge in [-0.15, -0.1) is 0 Å². The van der Waals surface area contributed by atoms with E-state index >= 15 is 0 Å². The van der Waals surface area contributed by atoms with Crippen molar-refractivity contribution in [2.24, 2.45) is 0 Å². The molecule has 0 aromatic rings. The van der Waals surface area contributed by atoms with Gasteiger partial charge < -0.3 is 10.3 Å². The SMILES string of the molecule is CC(=O)O.CCCCNO. The predicted octanol–water partition coefficient (Wildman–Crippen LogP) is 0.856. The molecular weight excluding hydrogens is 134 g/mol. The maximum Gasteiger partial charge on any atom is 0.300 e. The number of carboxylic acids is 1. The van der Waals surface area contributed by atoms with Crippen molar-refractivity contribution in [2.45, 2.75) is 26.7 Å². The first-order valence-corrected chi connectivity index (χ1v) is 3.21. The normalized spacial score (nSPS) is 7.90. The van der Waals surface area contributed by atoms with Crippen LogP contribution >= 0.6 is 0 Å². The maximum atomic E-state index is 9.00. The molecule has 3 N–H and O–H groups in total. The minimum Gasteiger partial charge on any atom is -0.481 e. The first-order chi connectivity index (χ1) is 4.65. The molecule has 0 radical (unpaired) electrons. The maximum absolute atomic E-state index is 9.00. The molecule has 0 amide bonds. The molecule has 0 saturated carbocycles. The molecule has 0 rings (SSSR count). The Morgan fingerprint density at radius 2 is 2.00 bits per heavy atom. The van der Waals surface area contributed by atoms with Gasteiger partial charge in [0.1, 0.15) is 0 Å². The summed E-state index contributed by atoms with van der Waals surface area (Å²) in [5.74, 6) is -0.833. The molecule has 0 aliphatic heterocycles. The van der Waals surface area contributed by atoms with Gasteiger partial charge >= 0.3 is 0 Å². The Morgan fingerprint density at radius 1 is 1.60 bits per heavy atom. The lowest BCUT2D eigenvalue weighted by Gasteiger charge is -1.88. The lowest BCUT2D eigenvalue weighted by Crippen LogP contribution is -2.07. The van der Waals surface area contributed by atoms with Crippen molar-refractivity contribution in [3.63, 3.8) is 0 Å². The Labute approximate surface area is 60.8 Å². The largest absolute Gasteiger partial charge is 0.481 e. The number of carboxylic acid groups (broad SMARTS) is 1. The van der Waals surface area contributed by atoms with Crippen LogP contribution in [0.1, 0.15) is 26.7 Å². The number of hydrogen-bond donors (Lipinski definition) is 3.